The molecule has 27 heavy (non-hydrogen) atoms. The van der Waals surface area contributed by atoms with Crippen molar-refractivity contribution in [1.29, 1.82) is 0 Å². The molecule has 1 aliphatic rings. The van der Waals surface area contributed by atoms with Crippen molar-refractivity contribution in [2.75, 3.05) is 23.9 Å². The van der Waals surface area contributed by atoms with Crippen LogP contribution in [0.4, 0.5) is 10.8 Å². The van der Waals surface area contributed by atoms with Gasteiger partial charge >= 0.3 is 0 Å². The molecule has 0 radical (unpaired) electrons. The third-order valence-electron chi connectivity index (χ3n) is 4.89. The highest BCUT2D eigenvalue weighted by Gasteiger charge is 2.35. The second-order valence-electron chi connectivity index (χ2n) is 6.55. The van der Waals surface area contributed by atoms with Crippen molar-refractivity contribution in [1.82, 2.24) is 10.2 Å². The van der Waals surface area contributed by atoms with E-state index in [0.717, 1.165) is 29.3 Å². The van der Waals surface area contributed by atoms with E-state index in [-0.39, 0.29) is 18.2 Å². The second-order valence-corrected chi connectivity index (χ2v) is 7.56. The molecule has 1 aromatic carbocycles. The third kappa shape index (κ3) is 4.27. The number of methoxy groups -OCH3 is 1. The van der Waals surface area contributed by atoms with Gasteiger partial charge in [0, 0.05) is 24.6 Å². The maximum absolute atomic E-state index is 12.6. The molecule has 0 saturated carbocycles. The van der Waals surface area contributed by atoms with Crippen LogP contribution in [-0.2, 0) is 9.59 Å². The van der Waals surface area contributed by atoms with Crippen molar-refractivity contribution >= 4 is 34.0 Å². The Morgan fingerprint density at radius 1 is 1.30 bits per heavy atom. The van der Waals surface area contributed by atoms with Gasteiger partial charge in [0.1, 0.15) is 10.8 Å². The molecule has 144 valence electrons. The Hall–Kier alpha value is -2.48. The standard InChI is InChI=1S/C19H24N4O3S/c1-4-12(5-2)18-21-22-19(27-18)20-17(25)13-10-16(24)23(11-13)14-6-8-15(26-3)9-7-14/h6-9,12-13H,4-5,10-11H2,1-3H3,(H,20,22,25)/t13-/m0/s1. The Morgan fingerprint density at radius 2 is 2.00 bits per heavy atom. The number of carbonyl (C=O) groups is 2. The average Bonchev–Trinajstić information content (AvgIpc) is 3.30. The molecule has 2 aromatic rings. The molecule has 0 aliphatic carbocycles. The van der Waals surface area contributed by atoms with Crippen LogP contribution >= 0.6 is 11.3 Å². The van der Waals surface area contributed by atoms with E-state index in [2.05, 4.69) is 29.4 Å². The second kappa shape index (κ2) is 8.47. The van der Waals surface area contributed by atoms with E-state index < -0.39 is 5.92 Å². The van der Waals surface area contributed by atoms with Crippen LogP contribution in [0.5, 0.6) is 5.75 Å². The minimum atomic E-state index is -0.403. The summed E-state index contributed by atoms with van der Waals surface area (Å²) in [7, 11) is 1.60. The van der Waals surface area contributed by atoms with Gasteiger partial charge in [-0.25, -0.2) is 0 Å². The molecule has 7 nitrogen and oxygen atoms in total. The van der Waals surface area contributed by atoms with E-state index >= 15 is 0 Å². The molecule has 1 fully saturated rings. The summed E-state index contributed by atoms with van der Waals surface area (Å²) in [6, 6.07) is 7.25. The number of ether oxygens (including phenoxy) is 1. The summed E-state index contributed by atoms with van der Waals surface area (Å²) in [6.45, 7) is 4.59. The van der Waals surface area contributed by atoms with E-state index in [0.29, 0.717) is 17.6 Å². The van der Waals surface area contributed by atoms with Crippen LogP contribution in [0.3, 0.4) is 0 Å². The van der Waals surface area contributed by atoms with Crippen molar-refractivity contribution in [3.63, 3.8) is 0 Å². The predicted octanol–water partition coefficient (Wildman–Crippen LogP) is 3.44. The Morgan fingerprint density at radius 3 is 2.63 bits per heavy atom. The van der Waals surface area contributed by atoms with Crippen LogP contribution < -0.4 is 15.0 Å². The van der Waals surface area contributed by atoms with Gasteiger partial charge in [0.15, 0.2) is 0 Å². The lowest BCUT2D eigenvalue weighted by molar-refractivity contribution is -0.122. The Kier molecular flexibility index (Phi) is 6.05. The van der Waals surface area contributed by atoms with E-state index in [4.69, 9.17) is 4.74 Å². The van der Waals surface area contributed by atoms with Gasteiger partial charge in [-0.15, -0.1) is 10.2 Å². The topological polar surface area (TPSA) is 84.4 Å². The summed E-state index contributed by atoms with van der Waals surface area (Å²) in [4.78, 5) is 26.6. The predicted molar refractivity (Wildman–Crippen MR) is 105 cm³/mol. The van der Waals surface area contributed by atoms with Crippen LogP contribution in [0.2, 0.25) is 0 Å². The molecule has 1 aliphatic heterocycles. The van der Waals surface area contributed by atoms with Crippen molar-refractivity contribution < 1.29 is 14.3 Å². The number of benzene rings is 1. The van der Waals surface area contributed by atoms with Gasteiger partial charge in [0.05, 0.1) is 13.0 Å². The largest absolute Gasteiger partial charge is 0.497 e. The molecule has 0 unspecified atom stereocenters. The zero-order valence-electron chi connectivity index (χ0n) is 15.8. The molecular weight excluding hydrogens is 364 g/mol. The molecule has 1 atom stereocenters. The zero-order chi connectivity index (χ0) is 19.4. The molecule has 1 aromatic heterocycles. The number of nitrogens with one attached hydrogen (secondary N) is 1. The first-order chi connectivity index (χ1) is 13.0. The highest BCUT2D eigenvalue weighted by molar-refractivity contribution is 7.15. The molecule has 3 rings (SSSR count). The van der Waals surface area contributed by atoms with Gasteiger partial charge in [0.2, 0.25) is 16.9 Å². The monoisotopic (exact) mass is 388 g/mol. The van der Waals surface area contributed by atoms with Crippen molar-refractivity contribution in [2.45, 2.75) is 39.0 Å². The minimum Gasteiger partial charge on any atom is -0.497 e. The smallest absolute Gasteiger partial charge is 0.231 e. The summed E-state index contributed by atoms with van der Waals surface area (Å²) in [6.07, 6.45) is 2.18. The number of anilines is 2. The number of rotatable bonds is 7. The number of carbonyl (C=O) groups excluding carboxylic acids is 2. The Balaban J connectivity index is 1.63. The summed E-state index contributed by atoms with van der Waals surface area (Å²) in [5, 5.41) is 12.5. The maximum Gasteiger partial charge on any atom is 0.231 e. The fraction of sp³-hybridized carbons (Fsp3) is 0.474. The molecule has 0 spiro atoms. The summed E-state index contributed by atoms with van der Waals surface area (Å²) >= 11 is 1.41. The minimum absolute atomic E-state index is 0.0599. The third-order valence-corrected chi connectivity index (χ3v) is 5.89. The normalized spacial score (nSPS) is 16.8. The van der Waals surface area contributed by atoms with E-state index in [1.165, 1.54) is 11.3 Å². The number of hydrogen-bond acceptors (Lipinski definition) is 6. The number of aromatic nitrogens is 2. The van der Waals surface area contributed by atoms with Crippen LogP contribution in [0.15, 0.2) is 24.3 Å². The molecule has 8 heteroatoms. The molecule has 1 saturated heterocycles. The van der Waals surface area contributed by atoms with Crippen LogP contribution in [0.1, 0.15) is 44.0 Å². The van der Waals surface area contributed by atoms with Crippen molar-refractivity contribution in [3.05, 3.63) is 29.3 Å². The first kappa shape index (κ1) is 19.3. The zero-order valence-corrected chi connectivity index (χ0v) is 16.6. The first-order valence-corrected chi connectivity index (χ1v) is 9.96. The highest BCUT2D eigenvalue weighted by atomic mass is 32.1. The average molecular weight is 388 g/mol. The van der Waals surface area contributed by atoms with E-state index in [1.54, 1.807) is 24.1 Å². The summed E-state index contributed by atoms with van der Waals surface area (Å²) < 4.78 is 5.14. The fourth-order valence-corrected chi connectivity index (χ4v) is 4.20. The highest BCUT2D eigenvalue weighted by Crippen LogP contribution is 2.30. The quantitative estimate of drug-likeness (QED) is 0.785. The molecule has 2 amide bonds. The van der Waals surface area contributed by atoms with Gasteiger partial charge in [-0.2, -0.15) is 0 Å². The van der Waals surface area contributed by atoms with Crippen LogP contribution in [0.25, 0.3) is 0 Å². The lowest BCUT2D eigenvalue weighted by atomic mass is 10.1. The van der Waals surface area contributed by atoms with Crippen molar-refractivity contribution in [2.24, 2.45) is 5.92 Å². The lowest BCUT2D eigenvalue weighted by Gasteiger charge is -2.16. The first-order valence-electron chi connectivity index (χ1n) is 9.14. The van der Waals surface area contributed by atoms with Gasteiger partial charge in [-0.3, -0.25) is 9.59 Å². The fourth-order valence-electron chi connectivity index (χ4n) is 3.19. The van der Waals surface area contributed by atoms with Gasteiger partial charge in [-0.05, 0) is 37.1 Å². The van der Waals surface area contributed by atoms with Crippen LogP contribution in [-0.4, -0.2) is 35.7 Å². The Labute approximate surface area is 162 Å². The molecule has 1 N–H and O–H groups in total. The van der Waals surface area contributed by atoms with Crippen molar-refractivity contribution in [3.8, 4) is 5.75 Å². The summed E-state index contributed by atoms with van der Waals surface area (Å²) in [5.41, 5.74) is 0.767. The lowest BCUT2D eigenvalue weighted by Crippen LogP contribution is -2.28. The number of nitrogens with zero attached hydrogens (tertiary/aromatic N) is 3. The summed E-state index contributed by atoms with van der Waals surface area (Å²) in [5.74, 6) is 0.443. The van der Waals surface area contributed by atoms with E-state index in [1.807, 2.05) is 12.1 Å². The van der Waals surface area contributed by atoms with Crippen LogP contribution in [0, 0.1) is 5.92 Å². The number of hydrogen-bond donors (Lipinski definition) is 1. The van der Waals surface area contributed by atoms with Gasteiger partial charge in [-0.1, -0.05) is 25.2 Å². The number of amides is 2. The molecule has 2 heterocycles. The SMILES string of the molecule is CCC(CC)c1nnc(NC(=O)[C@H]2CC(=O)N(c3ccc(OC)cc3)C2)s1. The van der Waals surface area contributed by atoms with E-state index in [9.17, 15) is 9.59 Å². The van der Waals surface area contributed by atoms with Gasteiger partial charge < -0.3 is 15.0 Å². The molecule has 0 bridgehead atoms. The molecular formula is C19H24N4O3S. The van der Waals surface area contributed by atoms with Gasteiger partial charge in [0.25, 0.3) is 0 Å². The maximum atomic E-state index is 12.6. The Bertz CT molecular complexity index is 802.